The molecule has 4 rings (SSSR count). The summed E-state index contributed by atoms with van der Waals surface area (Å²) < 4.78 is 5.93. The fraction of sp³-hybridized carbons (Fsp3) is 0.667. The predicted molar refractivity (Wildman–Crippen MR) is 102 cm³/mol. The number of benzene rings is 1. The number of carbonyl (C=O) groups excluding carboxylic acids is 1. The van der Waals surface area contributed by atoms with Crippen LogP contribution in [0.15, 0.2) is 18.2 Å². The SMILES string of the molecule is CC1(C)Cc2cc(CNC(=O)N3CCC(N4CCCCC4)C3)ccc2O1. The van der Waals surface area contributed by atoms with Gasteiger partial charge in [0.1, 0.15) is 11.4 Å². The zero-order valence-corrected chi connectivity index (χ0v) is 16.1. The fourth-order valence-electron chi connectivity index (χ4n) is 4.57. The first-order chi connectivity index (χ1) is 12.5. The van der Waals surface area contributed by atoms with E-state index in [-0.39, 0.29) is 11.6 Å². The van der Waals surface area contributed by atoms with E-state index in [9.17, 15) is 4.79 Å². The molecule has 1 aromatic carbocycles. The first kappa shape index (κ1) is 17.7. The van der Waals surface area contributed by atoms with Crippen LogP contribution in [-0.2, 0) is 13.0 Å². The molecule has 1 atom stereocenters. The molecule has 1 N–H and O–H groups in total. The van der Waals surface area contributed by atoms with E-state index < -0.39 is 0 Å². The maximum Gasteiger partial charge on any atom is 0.317 e. The highest BCUT2D eigenvalue weighted by atomic mass is 16.5. The molecule has 0 aromatic heterocycles. The van der Waals surface area contributed by atoms with Crippen LogP contribution in [0.4, 0.5) is 4.79 Å². The van der Waals surface area contributed by atoms with E-state index in [4.69, 9.17) is 4.74 Å². The van der Waals surface area contributed by atoms with Crippen molar-refractivity contribution in [2.75, 3.05) is 26.2 Å². The highest BCUT2D eigenvalue weighted by Gasteiger charge is 2.31. The molecule has 0 radical (unpaired) electrons. The molecule has 0 spiro atoms. The van der Waals surface area contributed by atoms with Crippen molar-refractivity contribution in [2.24, 2.45) is 0 Å². The molecule has 3 aliphatic rings. The third-order valence-electron chi connectivity index (χ3n) is 5.93. The molecule has 1 unspecified atom stereocenters. The van der Waals surface area contributed by atoms with Crippen molar-refractivity contribution in [3.8, 4) is 5.75 Å². The first-order valence-corrected chi connectivity index (χ1v) is 10.1. The van der Waals surface area contributed by atoms with Crippen molar-refractivity contribution >= 4 is 6.03 Å². The Balaban J connectivity index is 1.28. The second-order valence-corrected chi connectivity index (χ2v) is 8.62. The number of rotatable bonds is 3. The number of ether oxygens (including phenoxy) is 1. The Morgan fingerprint density at radius 3 is 2.85 bits per heavy atom. The Morgan fingerprint density at radius 2 is 2.04 bits per heavy atom. The van der Waals surface area contributed by atoms with Crippen LogP contribution in [-0.4, -0.2) is 53.7 Å². The number of nitrogens with zero attached hydrogens (tertiary/aromatic N) is 2. The number of urea groups is 1. The van der Waals surface area contributed by atoms with Crippen LogP contribution < -0.4 is 10.1 Å². The van der Waals surface area contributed by atoms with Gasteiger partial charge in [-0.2, -0.15) is 0 Å². The first-order valence-electron chi connectivity index (χ1n) is 10.1. The molecule has 142 valence electrons. The molecule has 0 bridgehead atoms. The monoisotopic (exact) mass is 357 g/mol. The average Bonchev–Trinajstić information content (AvgIpc) is 3.23. The van der Waals surface area contributed by atoms with E-state index in [2.05, 4.69) is 36.2 Å². The third kappa shape index (κ3) is 3.83. The highest BCUT2D eigenvalue weighted by molar-refractivity contribution is 5.74. The molecule has 1 aromatic rings. The molecule has 5 nitrogen and oxygen atoms in total. The average molecular weight is 357 g/mol. The van der Waals surface area contributed by atoms with Gasteiger partial charge in [-0.1, -0.05) is 18.6 Å². The number of fused-ring (bicyclic) bond motifs is 1. The van der Waals surface area contributed by atoms with Gasteiger partial charge in [0.15, 0.2) is 0 Å². The van der Waals surface area contributed by atoms with Crippen LogP contribution in [0.2, 0.25) is 0 Å². The Labute approximate surface area is 156 Å². The summed E-state index contributed by atoms with van der Waals surface area (Å²) in [6, 6.07) is 6.89. The van der Waals surface area contributed by atoms with Crippen molar-refractivity contribution in [3.63, 3.8) is 0 Å². The van der Waals surface area contributed by atoms with E-state index >= 15 is 0 Å². The normalized spacial score (nSPS) is 25.0. The Bertz CT molecular complexity index is 667. The van der Waals surface area contributed by atoms with Crippen LogP contribution in [0.1, 0.15) is 50.7 Å². The van der Waals surface area contributed by atoms with Gasteiger partial charge in [0.05, 0.1) is 0 Å². The van der Waals surface area contributed by atoms with Crippen molar-refractivity contribution in [1.29, 1.82) is 0 Å². The van der Waals surface area contributed by atoms with Crippen molar-refractivity contribution < 1.29 is 9.53 Å². The Hall–Kier alpha value is -1.75. The fourth-order valence-corrected chi connectivity index (χ4v) is 4.57. The lowest BCUT2D eigenvalue weighted by Crippen LogP contribution is -2.43. The number of likely N-dealkylation sites (tertiary alicyclic amines) is 2. The smallest absolute Gasteiger partial charge is 0.317 e. The van der Waals surface area contributed by atoms with Gasteiger partial charge in [-0.3, -0.25) is 4.90 Å². The molecule has 0 aliphatic carbocycles. The van der Waals surface area contributed by atoms with Crippen LogP contribution >= 0.6 is 0 Å². The van der Waals surface area contributed by atoms with Gasteiger partial charge in [-0.05, 0) is 63.4 Å². The molecular weight excluding hydrogens is 326 g/mol. The van der Waals surface area contributed by atoms with E-state index in [0.29, 0.717) is 12.6 Å². The maximum atomic E-state index is 12.6. The summed E-state index contributed by atoms with van der Waals surface area (Å²) in [4.78, 5) is 17.1. The lowest BCUT2D eigenvalue weighted by Gasteiger charge is -2.32. The van der Waals surface area contributed by atoms with E-state index in [0.717, 1.165) is 37.2 Å². The van der Waals surface area contributed by atoms with Gasteiger partial charge in [-0.25, -0.2) is 4.79 Å². The topological polar surface area (TPSA) is 44.8 Å². The maximum absolute atomic E-state index is 12.6. The number of nitrogens with one attached hydrogen (secondary N) is 1. The molecule has 26 heavy (non-hydrogen) atoms. The molecule has 3 aliphatic heterocycles. The van der Waals surface area contributed by atoms with Crippen LogP contribution in [0, 0.1) is 0 Å². The molecular formula is C21H31N3O2. The molecule has 5 heteroatoms. The van der Waals surface area contributed by atoms with Crippen molar-refractivity contribution in [2.45, 2.75) is 64.1 Å². The second kappa shape index (κ2) is 7.10. The van der Waals surface area contributed by atoms with Crippen LogP contribution in [0.25, 0.3) is 0 Å². The van der Waals surface area contributed by atoms with E-state index in [1.54, 1.807) is 0 Å². The van der Waals surface area contributed by atoms with E-state index in [1.807, 2.05) is 11.0 Å². The molecule has 2 fully saturated rings. The predicted octanol–water partition coefficient (Wildman–Crippen LogP) is 3.17. The van der Waals surface area contributed by atoms with Crippen LogP contribution in [0.5, 0.6) is 5.75 Å². The zero-order valence-electron chi connectivity index (χ0n) is 16.1. The standard InChI is InChI=1S/C21H31N3O2/c1-21(2)13-17-12-16(6-7-19(17)26-21)14-22-20(25)24-11-8-18(15-24)23-9-4-3-5-10-23/h6-7,12,18H,3-5,8-11,13-15H2,1-2H3,(H,22,25). The highest BCUT2D eigenvalue weighted by Crippen LogP contribution is 2.35. The van der Waals surface area contributed by atoms with Crippen molar-refractivity contribution in [3.05, 3.63) is 29.3 Å². The third-order valence-corrected chi connectivity index (χ3v) is 5.93. The Morgan fingerprint density at radius 1 is 1.23 bits per heavy atom. The number of amides is 2. The van der Waals surface area contributed by atoms with Gasteiger partial charge in [-0.15, -0.1) is 0 Å². The minimum absolute atomic E-state index is 0.0709. The molecule has 0 saturated carbocycles. The second-order valence-electron chi connectivity index (χ2n) is 8.62. The number of piperidine rings is 1. The number of hydrogen-bond acceptors (Lipinski definition) is 3. The molecule has 2 amide bonds. The number of carbonyl (C=O) groups is 1. The minimum Gasteiger partial charge on any atom is -0.487 e. The summed E-state index contributed by atoms with van der Waals surface area (Å²) in [7, 11) is 0. The largest absolute Gasteiger partial charge is 0.487 e. The molecule has 2 saturated heterocycles. The van der Waals surface area contributed by atoms with Crippen LogP contribution in [0.3, 0.4) is 0 Å². The summed E-state index contributed by atoms with van der Waals surface area (Å²) >= 11 is 0. The van der Waals surface area contributed by atoms with E-state index in [1.165, 1.54) is 37.9 Å². The lowest BCUT2D eigenvalue weighted by molar-refractivity contribution is 0.138. The minimum atomic E-state index is -0.122. The van der Waals surface area contributed by atoms with Gasteiger partial charge >= 0.3 is 6.03 Å². The Kier molecular flexibility index (Phi) is 4.82. The van der Waals surface area contributed by atoms with Gasteiger partial charge in [0.25, 0.3) is 0 Å². The summed E-state index contributed by atoms with van der Waals surface area (Å²) in [6.45, 7) is 8.96. The van der Waals surface area contributed by atoms with Gasteiger partial charge in [0, 0.05) is 32.1 Å². The molecule has 3 heterocycles. The van der Waals surface area contributed by atoms with Crippen molar-refractivity contribution in [1.82, 2.24) is 15.1 Å². The zero-order chi connectivity index (χ0) is 18.1. The summed E-state index contributed by atoms with van der Waals surface area (Å²) in [5.41, 5.74) is 2.27. The summed E-state index contributed by atoms with van der Waals surface area (Å²) in [6.07, 6.45) is 6.01. The number of hydrogen-bond donors (Lipinski definition) is 1. The quantitative estimate of drug-likeness (QED) is 0.904. The van der Waals surface area contributed by atoms with Gasteiger partial charge < -0.3 is 15.0 Å². The lowest BCUT2D eigenvalue weighted by atomic mass is 10.0. The van der Waals surface area contributed by atoms with Gasteiger partial charge in [0.2, 0.25) is 0 Å². The summed E-state index contributed by atoms with van der Waals surface area (Å²) in [5.74, 6) is 0.981. The summed E-state index contributed by atoms with van der Waals surface area (Å²) in [5, 5.41) is 3.10.